The molecule has 1 unspecified atom stereocenters. The molecule has 0 heterocycles. The summed E-state index contributed by atoms with van der Waals surface area (Å²) in [5.41, 5.74) is 0.124. The van der Waals surface area contributed by atoms with Crippen LogP contribution in [0.2, 0.25) is 0 Å². The first kappa shape index (κ1) is 15.3. The quantitative estimate of drug-likeness (QED) is 0.841. The number of hydrogen-bond acceptors (Lipinski definition) is 3. The second-order valence-corrected chi connectivity index (χ2v) is 5.69. The molecule has 0 radical (unpaired) electrons. The summed E-state index contributed by atoms with van der Waals surface area (Å²) in [7, 11) is 0. The van der Waals surface area contributed by atoms with Gasteiger partial charge in [-0.3, -0.25) is 0 Å². The molecule has 2 N–H and O–H groups in total. The van der Waals surface area contributed by atoms with Gasteiger partial charge in [0.15, 0.2) is 11.6 Å². The summed E-state index contributed by atoms with van der Waals surface area (Å²) in [5.74, 6) is -0.147. The number of halogens is 1. The maximum Gasteiger partial charge on any atom is 0.165 e. The van der Waals surface area contributed by atoms with Crippen molar-refractivity contribution in [3.8, 4) is 5.75 Å². The summed E-state index contributed by atoms with van der Waals surface area (Å²) in [4.78, 5) is 0. The molecule has 1 aliphatic carbocycles. The zero-order valence-corrected chi connectivity index (χ0v) is 12.3. The lowest BCUT2D eigenvalue weighted by atomic mass is 10.0. The van der Waals surface area contributed by atoms with E-state index in [1.54, 1.807) is 6.07 Å². The average molecular weight is 281 g/mol. The molecule has 1 atom stereocenters. The third kappa shape index (κ3) is 3.70. The van der Waals surface area contributed by atoms with Crippen molar-refractivity contribution in [2.75, 3.05) is 13.2 Å². The molecule has 0 amide bonds. The van der Waals surface area contributed by atoms with Crippen LogP contribution in [0, 0.1) is 5.82 Å². The molecule has 1 aromatic rings. The number of aliphatic hydroxyl groups is 1. The molecule has 1 saturated carbocycles. The van der Waals surface area contributed by atoms with Crippen LogP contribution in [0.1, 0.15) is 51.1 Å². The molecule has 20 heavy (non-hydrogen) atoms. The fourth-order valence-corrected chi connectivity index (χ4v) is 2.72. The minimum atomic E-state index is -0.776. The number of ether oxygens (including phenoxy) is 1. The summed E-state index contributed by atoms with van der Waals surface area (Å²) >= 11 is 0. The predicted octanol–water partition coefficient (Wildman–Crippen LogP) is 3.18. The lowest BCUT2D eigenvalue weighted by molar-refractivity contribution is 0.000322. The van der Waals surface area contributed by atoms with Gasteiger partial charge >= 0.3 is 0 Å². The second-order valence-electron chi connectivity index (χ2n) is 5.69. The second kappa shape index (κ2) is 6.55. The van der Waals surface area contributed by atoms with Crippen LogP contribution in [0.15, 0.2) is 18.2 Å². The van der Waals surface area contributed by atoms with Gasteiger partial charge in [-0.15, -0.1) is 0 Å². The van der Waals surface area contributed by atoms with E-state index in [1.165, 1.54) is 6.07 Å². The van der Waals surface area contributed by atoms with Crippen molar-refractivity contribution in [1.29, 1.82) is 0 Å². The van der Waals surface area contributed by atoms with Crippen LogP contribution in [0.25, 0.3) is 0 Å². The molecule has 0 aromatic heterocycles. The first-order chi connectivity index (χ1) is 9.54. The van der Waals surface area contributed by atoms with Crippen LogP contribution in [0.5, 0.6) is 5.75 Å². The Hall–Kier alpha value is -1.13. The highest BCUT2D eigenvalue weighted by atomic mass is 19.1. The Morgan fingerprint density at radius 3 is 2.70 bits per heavy atom. The Labute approximate surface area is 120 Å². The summed E-state index contributed by atoms with van der Waals surface area (Å²) in [6.07, 6.45) is 3.51. The van der Waals surface area contributed by atoms with Gasteiger partial charge in [-0.25, -0.2) is 4.39 Å². The van der Waals surface area contributed by atoms with E-state index in [9.17, 15) is 9.50 Å². The first-order valence-corrected chi connectivity index (χ1v) is 7.42. The lowest BCUT2D eigenvalue weighted by Gasteiger charge is -2.22. The number of benzene rings is 1. The number of rotatable bonds is 6. The Morgan fingerprint density at radius 2 is 2.10 bits per heavy atom. The fraction of sp³-hybridized carbons (Fsp3) is 0.625. The van der Waals surface area contributed by atoms with Gasteiger partial charge in [0.2, 0.25) is 0 Å². The Bertz CT molecular complexity index is 444. The van der Waals surface area contributed by atoms with E-state index in [2.05, 4.69) is 5.32 Å². The summed E-state index contributed by atoms with van der Waals surface area (Å²) in [6, 6.07) is 5.13. The molecule has 112 valence electrons. The van der Waals surface area contributed by atoms with Crippen molar-refractivity contribution in [3.63, 3.8) is 0 Å². The molecule has 0 spiro atoms. The van der Waals surface area contributed by atoms with Crippen LogP contribution in [0.3, 0.4) is 0 Å². The monoisotopic (exact) mass is 281 g/mol. The van der Waals surface area contributed by atoms with Crippen LogP contribution >= 0.6 is 0 Å². The summed E-state index contributed by atoms with van der Waals surface area (Å²) < 4.78 is 19.5. The van der Waals surface area contributed by atoms with Gasteiger partial charge in [-0.05, 0) is 44.0 Å². The molecule has 2 rings (SSSR count). The summed E-state index contributed by atoms with van der Waals surface area (Å²) in [6.45, 7) is 5.03. The third-order valence-electron chi connectivity index (χ3n) is 4.00. The summed E-state index contributed by atoms with van der Waals surface area (Å²) in [5, 5.41) is 13.4. The standard InChI is InChI=1S/C16H24FNO2/c1-3-18-12(2)13-6-7-15(14(17)10-13)20-11-16(19)8-4-5-9-16/h6-7,10,12,18-19H,3-5,8-9,11H2,1-2H3. The molecular weight excluding hydrogens is 257 g/mol. The highest BCUT2D eigenvalue weighted by molar-refractivity contribution is 5.31. The van der Waals surface area contributed by atoms with E-state index >= 15 is 0 Å². The Kier molecular flexibility index (Phi) is 5.00. The van der Waals surface area contributed by atoms with Crippen molar-refractivity contribution in [2.45, 2.75) is 51.2 Å². The molecular formula is C16H24FNO2. The van der Waals surface area contributed by atoms with Gasteiger partial charge < -0.3 is 15.2 Å². The Morgan fingerprint density at radius 1 is 1.40 bits per heavy atom. The van der Waals surface area contributed by atoms with Crippen molar-refractivity contribution in [3.05, 3.63) is 29.6 Å². The maximum absolute atomic E-state index is 14.0. The molecule has 0 aliphatic heterocycles. The Balaban J connectivity index is 1.99. The van der Waals surface area contributed by atoms with E-state index in [-0.39, 0.29) is 24.2 Å². The van der Waals surface area contributed by atoms with Gasteiger partial charge in [0.05, 0.1) is 5.60 Å². The van der Waals surface area contributed by atoms with Gasteiger partial charge in [0.25, 0.3) is 0 Å². The van der Waals surface area contributed by atoms with Gasteiger partial charge in [0, 0.05) is 6.04 Å². The van der Waals surface area contributed by atoms with E-state index in [0.717, 1.165) is 37.8 Å². The average Bonchev–Trinajstić information content (AvgIpc) is 2.85. The zero-order chi connectivity index (χ0) is 14.6. The van der Waals surface area contributed by atoms with E-state index in [0.29, 0.717) is 0 Å². The number of hydrogen-bond donors (Lipinski definition) is 2. The topological polar surface area (TPSA) is 41.5 Å². The molecule has 1 aromatic carbocycles. The molecule has 0 saturated heterocycles. The number of nitrogens with one attached hydrogen (secondary N) is 1. The molecule has 1 aliphatic rings. The van der Waals surface area contributed by atoms with Crippen LogP contribution < -0.4 is 10.1 Å². The highest BCUT2D eigenvalue weighted by Crippen LogP contribution is 2.31. The lowest BCUT2D eigenvalue weighted by Crippen LogP contribution is -2.32. The predicted molar refractivity (Wildman–Crippen MR) is 77.4 cm³/mol. The van der Waals surface area contributed by atoms with E-state index in [4.69, 9.17) is 4.74 Å². The highest BCUT2D eigenvalue weighted by Gasteiger charge is 2.32. The van der Waals surface area contributed by atoms with Gasteiger partial charge in [-0.2, -0.15) is 0 Å². The smallest absolute Gasteiger partial charge is 0.165 e. The van der Waals surface area contributed by atoms with Gasteiger partial charge in [0.1, 0.15) is 6.61 Å². The zero-order valence-electron chi connectivity index (χ0n) is 12.3. The largest absolute Gasteiger partial charge is 0.488 e. The minimum absolute atomic E-state index is 0.113. The minimum Gasteiger partial charge on any atom is -0.488 e. The van der Waals surface area contributed by atoms with Gasteiger partial charge in [-0.1, -0.05) is 25.8 Å². The van der Waals surface area contributed by atoms with Crippen LogP contribution in [0.4, 0.5) is 4.39 Å². The molecule has 4 heteroatoms. The van der Waals surface area contributed by atoms with Crippen LogP contribution in [-0.4, -0.2) is 23.9 Å². The fourth-order valence-electron chi connectivity index (χ4n) is 2.72. The SMILES string of the molecule is CCNC(C)c1ccc(OCC2(O)CCCC2)c(F)c1. The normalized spacial score (nSPS) is 19.0. The van der Waals surface area contributed by atoms with Crippen molar-refractivity contribution < 1.29 is 14.2 Å². The molecule has 0 bridgehead atoms. The van der Waals surface area contributed by atoms with Crippen molar-refractivity contribution >= 4 is 0 Å². The maximum atomic E-state index is 14.0. The van der Waals surface area contributed by atoms with Crippen molar-refractivity contribution in [2.24, 2.45) is 0 Å². The van der Waals surface area contributed by atoms with Crippen LogP contribution in [-0.2, 0) is 0 Å². The van der Waals surface area contributed by atoms with E-state index < -0.39 is 5.60 Å². The van der Waals surface area contributed by atoms with E-state index in [1.807, 2.05) is 19.9 Å². The third-order valence-corrected chi connectivity index (χ3v) is 4.00. The molecule has 3 nitrogen and oxygen atoms in total. The first-order valence-electron chi connectivity index (χ1n) is 7.42. The van der Waals surface area contributed by atoms with Crippen molar-refractivity contribution in [1.82, 2.24) is 5.32 Å². The molecule has 1 fully saturated rings.